The van der Waals surface area contributed by atoms with E-state index in [0.717, 1.165) is 57.0 Å². The van der Waals surface area contributed by atoms with E-state index in [1.165, 1.54) is 38.5 Å². The Morgan fingerprint density at radius 2 is 1.64 bits per heavy atom. The fraction of sp³-hybridized carbons (Fsp3) is 0.941. The summed E-state index contributed by atoms with van der Waals surface area (Å²) in [6, 6.07) is 0.0667. The summed E-state index contributed by atoms with van der Waals surface area (Å²) in [5.41, 5.74) is 0.133. The van der Waals surface area contributed by atoms with Crippen LogP contribution >= 0.6 is 0 Å². The van der Waals surface area contributed by atoms with Gasteiger partial charge < -0.3 is 16.0 Å². The van der Waals surface area contributed by atoms with Gasteiger partial charge in [0.05, 0.1) is 0 Å². The van der Waals surface area contributed by atoms with E-state index in [9.17, 15) is 4.79 Å². The van der Waals surface area contributed by atoms with Crippen LogP contribution in [0, 0.1) is 17.8 Å². The summed E-state index contributed by atoms with van der Waals surface area (Å²) >= 11 is 0. The van der Waals surface area contributed by atoms with Gasteiger partial charge in [0.1, 0.15) is 0 Å². The Morgan fingerprint density at radius 1 is 1.05 bits per heavy atom. The number of urea groups is 1. The van der Waals surface area contributed by atoms with Crippen molar-refractivity contribution in [1.82, 2.24) is 20.9 Å². The van der Waals surface area contributed by atoms with Gasteiger partial charge >= 0.3 is 6.03 Å². The number of piperazine rings is 1. The van der Waals surface area contributed by atoms with Gasteiger partial charge in [-0.3, -0.25) is 4.90 Å². The van der Waals surface area contributed by atoms with E-state index in [2.05, 4.69) is 20.9 Å². The van der Waals surface area contributed by atoms with Crippen LogP contribution in [0.15, 0.2) is 0 Å². The molecule has 1 aliphatic heterocycles. The van der Waals surface area contributed by atoms with Crippen molar-refractivity contribution in [3.05, 3.63) is 0 Å². The first-order valence-corrected chi connectivity index (χ1v) is 9.20. The van der Waals surface area contributed by atoms with Crippen molar-refractivity contribution in [2.45, 2.75) is 44.1 Å². The molecule has 3 N–H and O–H groups in total. The molecule has 0 aromatic rings. The number of carbonyl (C=O) groups excluding carboxylic acids is 1. The van der Waals surface area contributed by atoms with Gasteiger partial charge in [0.15, 0.2) is 0 Å². The van der Waals surface area contributed by atoms with Crippen LogP contribution in [0.3, 0.4) is 0 Å². The molecule has 124 valence electrons. The lowest BCUT2D eigenvalue weighted by Crippen LogP contribution is -2.61. The van der Waals surface area contributed by atoms with Crippen molar-refractivity contribution < 1.29 is 4.79 Å². The molecule has 22 heavy (non-hydrogen) atoms. The maximum atomic E-state index is 12.3. The summed E-state index contributed by atoms with van der Waals surface area (Å²) in [5, 5.41) is 9.83. The van der Waals surface area contributed by atoms with Crippen LogP contribution in [0.1, 0.15) is 38.5 Å². The summed E-state index contributed by atoms with van der Waals surface area (Å²) in [6.07, 6.45) is 7.95. The average Bonchev–Trinajstić information content (AvgIpc) is 2.46. The molecule has 5 nitrogen and oxygen atoms in total. The van der Waals surface area contributed by atoms with E-state index in [0.29, 0.717) is 0 Å². The number of nitrogens with zero attached hydrogens (tertiary/aromatic N) is 1. The Kier molecular flexibility index (Phi) is 4.03. The molecule has 4 saturated carbocycles. The molecular formula is C17H30N4O. The first-order chi connectivity index (χ1) is 10.7. The molecule has 0 aromatic carbocycles. The Balaban J connectivity index is 1.24. The van der Waals surface area contributed by atoms with Crippen molar-refractivity contribution in [2.24, 2.45) is 17.8 Å². The molecule has 0 atom stereocenters. The van der Waals surface area contributed by atoms with E-state index in [-0.39, 0.29) is 11.6 Å². The molecule has 0 spiro atoms. The monoisotopic (exact) mass is 306 g/mol. The summed E-state index contributed by atoms with van der Waals surface area (Å²) in [4.78, 5) is 14.7. The highest BCUT2D eigenvalue weighted by molar-refractivity contribution is 5.74. The smallest absolute Gasteiger partial charge is 0.315 e. The van der Waals surface area contributed by atoms with Crippen LogP contribution in [0.5, 0.6) is 0 Å². The zero-order valence-electron chi connectivity index (χ0n) is 13.6. The van der Waals surface area contributed by atoms with Gasteiger partial charge in [-0.25, -0.2) is 4.79 Å². The normalized spacial score (nSPS) is 40.6. The molecule has 1 saturated heterocycles. The highest BCUT2D eigenvalue weighted by Gasteiger charge is 2.51. The van der Waals surface area contributed by atoms with E-state index >= 15 is 0 Å². The van der Waals surface area contributed by atoms with Crippen LogP contribution in [0.4, 0.5) is 4.79 Å². The highest BCUT2D eigenvalue weighted by atomic mass is 16.2. The lowest BCUT2D eigenvalue weighted by Gasteiger charge is -2.56. The SMILES string of the molecule is O=C(NCCN1CCNCC1)NC12CC3CC(CC(C3)C1)C2. The van der Waals surface area contributed by atoms with Crippen LogP contribution in [-0.4, -0.2) is 55.7 Å². The first-order valence-electron chi connectivity index (χ1n) is 9.20. The molecule has 4 bridgehead atoms. The molecule has 5 heteroatoms. The number of carbonyl (C=O) groups is 1. The second-order valence-corrected chi connectivity index (χ2v) is 8.17. The molecule has 5 aliphatic rings. The standard InChI is InChI=1S/C17H30N4O/c22-16(19-3-6-21-4-1-18-2-5-21)20-17-10-13-7-14(11-17)9-15(8-13)12-17/h13-15,18H,1-12H2,(H2,19,20,22). The van der Waals surface area contributed by atoms with Crippen molar-refractivity contribution in [2.75, 3.05) is 39.3 Å². The highest BCUT2D eigenvalue weighted by Crippen LogP contribution is 2.55. The molecular weight excluding hydrogens is 276 g/mol. The summed E-state index contributed by atoms with van der Waals surface area (Å²) in [5.74, 6) is 2.65. The Labute approximate surface area is 133 Å². The van der Waals surface area contributed by atoms with Gasteiger partial charge in [-0.05, 0) is 56.3 Å². The molecule has 5 rings (SSSR count). The fourth-order valence-electron chi connectivity index (χ4n) is 5.81. The minimum Gasteiger partial charge on any atom is -0.337 e. The summed E-state index contributed by atoms with van der Waals surface area (Å²) < 4.78 is 0. The fourth-order valence-corrected chi connectivity index (χ4v) is 5.81. The Morgan fingerprint density at radius 3 is 2.23 bits per heavy atom. The van der Waals surface area contributed by atoms with Gasteiger partial charge in [0.25, 0.3) is 0 Å². The van der Waals surface area contributed by atoms with Crippen LogP contribution in [0.25, 0.3) is 0 Å². The van der Waals surface area contributed by atoms with Gasteiger partial charge in [0, 0.05) is 44.8 Å². The van der Waals surface area contributed by atoms with Gasteiger partial charge in [-0.2, -0.15) is 0 Å². The first kappa shape index (κ1) is 14.8. The zero-order valence-corrected chi connectivity index (χ0v) is 13.6. The Hall–Kier alpha value is -0.810. The van der Waals surface area contributed by atoms with Crippen molar-refractivity contribution in [3.63, 3.8) is 0 Å². The quantitative estimate of drug-likeness (QED) is 0.730. The van der Waals surface area contributed by atoms with E-state index in [1.807, 2.05) is 0 Å². The molecule has 0 radical (unpaired) electrons. The van der Waals surface area contributed by atoms with E-state index in [4.69, 9.17) is 0 Å². The minimum atomic E-state index is 0.0667. The molecule has 5 fully saturated rings. The number of rotatable bonds is 4. The third-order valence-corrected chi connectivity index (χ3v) is 6.34. The van der Waals surface area contributed by atoms with Crippen molar-refractivity contribution in [1.29, 1.82) is 0 Å². The number of hydrogen-bond acceptors (Lipinski definition) is 3. The predicted octanol–water partition coefficient (Wildman–Crippen LogP) is 1.16. The van der Waals surface area contributed by atoms with Gasteiger partial charge in [-0.15, -0.1) is 0 Å². The number of hydrogen-bond donors (Lipinski definition) is 3. The average molecular weight is 306 g/mol. The lowest BCUT2D eigenvalue weighted by molar-refractivity contribution is -0.0135. The zero-order chi connectivity index (χ0) is 15.0. The van der Waals surface area contributed by atoms with Crippen LogP contribution in [0.2, 0.25) is 0 Å². The van der Waals surface area contributed by atoms with Gasteiger partial charge in [0.2, 0.25) is 0 Å². The maximum absolute atomic E-state index is 12.3. The molecule has 0 unspecified atom stereocenters. The second kappa shape index (κ2) is 6.00. The third kappa shape index (κ3) is 3.11. The molecule has 0 aromatic heterocycles. The molecule has 2 amide bonds. The van der Waals surface area contributed by atoms with Gasteiger partial charge in [-0.1, -0.05) is 0 Å². The third-order valence-electron chi connectivity index (χ3n) is 6.34. The van der Waals surface area contributed by atoms with Crippen LogP contribution in [-0.2, 0) is 0 Å². The van der Waals surface area contributed by atoms with Crippen molar-refractivity contribution in [3.8, 4) is 0 Å². The minimum absolute atomic E-state index is 0.0667. The Bertz CT molecular complexity index is 384. The van der Waals surface area contributed by atoms with Crippen LogP contribution < -0.4 is 16.0 Å². The molecule has 1 heterocycles. The van der Waals surface area contributed by atoms with E-state index < -0.39 is 0 Å². The topological polar surface area (TPSA) is 56.4 Å². The van der Waals surface area contributed by atoms with E-state index in [1.54, 1.807) is 0 Å². The predicted molar refractivity (Wildman–Crippen MR) is 86.7 cm³/mol. The molecule has 4 aliphatic carbocycles. The number of amides is 2. The maximum Gasteiger partial charge on any atom is 0.315 e. The summed E-state index contributed by atoms with van der Waals surface area (Å²) in [7, 11) is 0. The largest absolute Gasteiger partial charge is 0.337 e. The lowest BCUT2D eigenvalue weighted by atomic mass is 9.53. The second-order valence-electron chi connectivity index (χ2n) is 8.17. The number of nitrogens with one attached hydrogen (secondary N) is 3. The van der Waals surface area contributed by atoms with Crippen molar-refractivity contribution >= 4 is 6.03 Å². The summed E-state index contributed by atoms with van der Waals surface area (Å²) in [6.45, 7) is 6.06.